The van der Waals surface area contributed by atoms with Crippen molar-refractivity contribution in [2.24, 2.45) is 5.73 Å². The number of ether oxygens (including phenoxy) is 1. The highest BCUT2D eigenvalue weighted by molar-refractivity contribution is 6.05. The smallest absolute Gasteiger partial charge is 0.257 e. The van der Waals surface area contributed by atoms with Gasteiger partial charge < -0.3 is 20.4 Å². The minimum absolute atomic E-state index is 0.249. The molecule has 6 nitrogen and oxygen atoms in total. The summed E-state index contributed by atoms with van der Waals surface area (Å²) in [5.41, 5.74) is 7.76. The Kier molecular flexibility index (Phi) is 5.44. The standard InChI is InChI=1S/C21H20FN3O3/c1-13-10-17(14(2)25(13)19-9-4-3-8-18(19)22)21(27)24-15-6-5-7-16(11-15)28-12-20(23)26/h3-11H,12H2,1-2H3,(H2,23,26)(H,24,27). The molecular formula is C21H20FN3O3. The average Bonchev–Trinajstić information content (AvgIpc) is 2.95. The zero-order valence-corrected chi connectivity index (χ0v) is 15.5. The summed E-state index contributed by atoms with van der Waals surface area (Å²) in [5.74, 6) is -0.873. The number of primary amides is 1. The topological polar surface area (TPSA) is 86.3 Å². The molecular weight excluding hydrogens is 361 g/mol. The molecule has 1 aromatic heterocycles. The van der Waals surface area contributed by atoms with Crippen molar-refractivity contribution in [2.75, 3.05) is 11.9 Å². The molecule has 1 heterocycles. The van der Waals surface area contributed by atoms with E-state index in [4.69, 9.17) is 10.5 Å². The molecule has 0 unspecified atom stereocenters. The van der Waals surface area contributed by atoms with Gasteiger partial charge in [-0.15, -0.1) is 0 Å². The van der Waals surface area contributed by atoms with E-state index in [9.17, 15) is 14.0 Å². The average molecular weight is 381 g/mol. The molecule has 0 spiro atoms. The number of aromatic nitrogens is 1. The largest absolute Gasteiger partial charge is 0.484 e. The van der Waals surface area contributed by atoms with Crippen LogP contribution in [0.4, 0.5) is 10.1 Å². The van der Waals surface area contributed by atoms with E-state index in [1.807, 2.05) is 6.92 Å². The number of para-hydroxylation sites is 1. The van der Waals surface area contributed by atoms with Crippen molar-refractivity contribution < 1.29 is 18.7 Å². The number of benzene rings is 2. The van der Waals surface area contributed by atoms with Gasteiger partial charge in [0.1, 0.15) is 11.6 Å². The number of halogens is 1. The highest BCUT2D eigenvalue weighted by Crippen LogP contribution is 2.24. The van der Waals surface area contributed by atoms with Gasteiger partial charge in [-0.05, 0) is 44.2 Å². The Hall–Kier alpha value is -3.61. The van der Waals surface area contributed by atoms with Gasteiger partial charge in [0, 0.05) is 23.1 Å². The van der Waals surface area contributed by atoms with Gasteiger partial charge in [-0.25, -0.2) is 4.39 Å². The monoisotopic (exact) mass is 381 g/mol. The van der Waals surface area contributed by atoms with Gasteiger partial charge >= 0.3 is 0 Å². The second-order valence-corrected chi connectivity index (χ2v) is 6.31. The first-order chi connectivity index (χ1) is 13.4. The summed E-state index contributed by atoms with van der Waals surface area (Å²) in [6.07, 6.45) is 0. The summed E-state index contributed by atoms with van der Waals surface area (Å²) in [6.45, 7) is 3.33. The number of nitrogens with zero attached hydrogens (tertiary/aromatic N) is 1. The van der Waals surface area contributed by atoms with Gasteiger partial charge in [0.05, 0.1) is 11.3 Å². The second kappa shape index (κ2) is 7.96. The van der Waals surface area contributed by atoms with Crippen molar-refractivity contribution in [1.82, 2.24) is 4.57 Å². The minimum atomic E-state index is -0.588. The molecule has 0 radical (unpaired) electrons. The van der Waals surface area contributed by atoms with Crippen LogP contribution in [-0.4, -0.2) is 23.0 Å². The number of nitrogens with one attached hydrogen (secondary N) is 1. The van der Waals surface area contributed by atoms with Crippen molar-refractivity contribution in [3.63, 3.8) is 0 Å². The van der Waals surface area contributed by atoms with E-state index in [-0.39, 0.29) is 18.3 Å². The molecule has 3 N–H and O–H groups in total. The molecule has 3 aromatic rings. The van der Waals surface area contributed by atoms with E-state index >= 15 is 0 Å². The third-order valence-corrected chi connectivity index (χ3v) is 4.24. The maximum Gasteiger partial charge on any atom is 0.257 e. The number of carbonyl (C=O) groups excluding carboxylic acids is 2. The Labute approximate surface area is 161 Å². The third kappa shape index (κ3) is 4.03. The molecule has 0 saturated carbocycles. The van der Waals surface area contributed by atoms with Gasteiger partial charge in [0.15, 0.2) is 6.61 Å². The first kappa shape index (κ1) is 19.2. The van der Waals surface area contributed by atoms with Crippen LogP contribution in [0.15, 0.2) is 54.6 Å². The maximum atomic E-state index is 14.2. The summed E-state index contributed by atoms with van der Waals surface area (Å²) in [5, 5.41) is 2.79. The van der Waals surface area contributed by atoms with Gasteiger partial charge in [0.2, 0.25) is 0 Å². The summed E-state index contributed by atoms with van der Waals surface area (Å²) in [4.78, 5) is 23.6. The van der Waals surface area contributed by atoms with E-state index in [0.717, 1.165) is 5.69 Å². The van der Waals surface area contributed by atoms with Crippen molar-refractivity contribution in [1.29, 1.82) is 0 Å². The predicted octanol–water partition coefficient (Wildman–Crippen LogP) is 3.35. The predicted molar refractivity (Wildman–Crippen MR) is 104 cm³/mol. The normalized spacial score (nSPS) is 10.5. The van der Waals surface area contributed by atoms with Crippen LogP contribution >= 0.6 is 0 Å². The molecule has 2 aromatic carbocycles. The number of aryl methyl sites for hydroxylation is 1. The first-order valence-electron chi connectivity index (χ1n) is 8.63. The maximum absolute atomic E-state index is 14.2. The second-order valence-electron chi connectivity index (χ2n) is 6.31. The van der Waals surface area contributed by atoms with Crippen LogP contribution in [0.1, 0.15) is 21.7 Å². The molecule has 28 heavy (non-hydrogen) atoms. The molecule has 7 heteroatoms. The van der Waals surface area contributed by atoms with Gasteiger partial charge in [-0.2, -0.15) is 0 Å². The Morgan fingerprint density at radius 1 is 1.11 bits per heavy atom. The lowest BCUT2D eigenvalue weighted by Gasteiger charge is -2.11. The number of carbonyl (C=O) groups is 2. The highest BCUT2D eigenvalue weighted by Gasteiger charge is 2.18. The Bertz CT molecular complexity index is 1040. The summed E-state index contributed by atoms with van der Waals surface area (Å²) >= 11 is 0. The van der Waals surface area contributed by atoms with E-state index in [1.54, 1.807) is 60.0 Å². The minimum Gasteiger partial charge on any atom is -0.484 e. The zero-order valence-electron chi connectivity index (χ0n) is 15.5. The van der Waals surface area contributed by atoms with Crippen LogP contribution in [0.5, 0.6) is 5.75 Å². The van der Waals surface area contributed by atoms with Crippen LogP contribution in [0.25, 0.3) is 5.69 Å². The fourth-order valence-electron chi connectivity index (χ4n) is 3.01. The van der Waals surface area contributed by atoms with Crippen LogP contribution in [-0.2, 0) is 4.79 Å². The van der Waals surface area contributed by atoms with Gasteiger partial charge in [-0.3, -0.25) is 9.59 Å². The number of hydrogen-bond donors (Lipinski definition) is 2. The van der Waals surface area contributed by atoms with Crippen molar-refractivity contribution >= 4 is 17.5 Å². The summed E-state index contributed by atoms with van der Waals surface area (Å²) in [7, 11) is 0. The molecule has 0 fully saturated rings. The first-order valence-corrected chi connectivity index (χ1v) is 8.63. The molecule has 0 aliphatic rings. The lowest BCUT2D eigenvalue weighted by Crippen LogP contribution is -2.20. The molecule has 0 atom stereocenters. The van der Waals surface area contributed by atoms with E-state index in [1.165, 1.54) is 6.07 Å². The fourth-order valence-corrected chi connectivity index (χ4v) is 3.01. The molecule has 0 aliphatic carbocycles. The third-order valence-electron chi connectivity index (χ3n) is 4.24. The molecule has 3 rings (SSSR count). The number of rotatable bonds is 6. The van der Waals surface area contributed by atoms with Crippen molar-refractivity contribution in [3.05, 3.63) is 77.4 Å². The van der Waals surface area contributed by atoms with E-state index < -0.39 is 5.91 Å². The van der Waals surface area contributed by atoms with Gasteiger partial charge in [0.25, 0.3) is 11.8 Å². The fraction of sp³-hybridized carbons (Fsp3) is 0.143. The number of nitrogens with two attached hydrogens (primary N) is 1. The number of amides is 2. The van der Waals surface area contributed by atoms with E-state index in [0.29, 0.717) is 28.4 Å². The Morgan fingerprint density at radius 3 is 2.57 bits per heavy atom. The Balaban J connectivity index is 1.85. The molecule has 2 amide bonds. The van der Waals surface area contributed by atoms with Crippen LogP contribution in [0, 0.1) is 19.7 Å². The highest BCUT2D eigenvalue weighted by atomic mass is 19.1. The zero-order chi connectivity index (χ0) is 20.3. The van der Waals surface area contributed by atoms with Crippen LogP contribution in [0.2, 0.25) is 0 Å². The van der Waals surface area contributed by atoms with Crippen LogP contribution in [0.3, 0.4) is 0 Å². The van der Waals surface area contributed by atoms with Crippen molar-refractivity contribution in [3.8, 4) is 11.4 Å². The van der Waals surface area contributed by atoms with Gasteiger partial charge in [-0.1, -0.05) is 18.2 Å². The quantitative estimate of drug-likeness (QED) is 0.687. The van der Waals surface area contributed by atoms with Crippen LogP contribution < -0.4 is 15.8 Å². The number of anilines is 1. The molecule has 0 bridgehead atoms. The van der Waals surface area contributed by atoms with Crippen molar-refractivity contribution in [2.45, 2.75) is 13.8 Å². The SMILES string of the molecule is Cc1cc(C(=O)Nc2cccc(OCC(N)=O)c2)c(C)n1-c1ccccc1F. The molecule has 0 saturated heterocycles. The Morgan fingerprint density at radius 2 is 1.86 bits per heavy atom. The molecule has 0 aliphatic heterocycles. The summed E-state index contributed by atoms with van der Waals surface area (Å²) in [6, 6.07) is 14.8. The lowest BCUT2D eigenvalue weighted by molar-refractivity contribution is -0.119. The van der Waals surface area contributed by atoms with E-state index in [2.05, 4.69) is 5.32 Å². The lowest BCUT2D eigenvalue weighted by atomic mass is 10.2. The summed E-state index contributed by atoms with van der Waals surface area (Å²) < 4.78 is 21.1. The number of hydrogen-bond acceptors (Lipinski definition) is 3. The molecule has 144 valence electrons.